The van der Waals surface area contributed by atoms with Gasteiger partial charge in [-0.1, -0.05) is 19.4 Å². The van der Waals surface area contributed by atoms with E-state index in [9.17, 15) is 19.2 Å². The van der Waals surface area contributed by atoms with Gasteiger partial charge in [0.25, 0.3) is 5.91 Å². The summed E-state index contributed by atoms with van der Waals surface area (Å²) in [5.41, 5.74) is 3.79. The zero-order valence-corrected chi connectivity index (χ0v) is 23.7. The predicted octanol–water partition coefficient (Wildman–Crippen LogP) is 6.34. The van der Waals surface area contributed by atoms with Crippen molar-refractivity contribution in [1.82, 2.24) is 0 Å². The maximum atomic E-state index is 12.3. The highest BCUT2D eigenvalue weighted by Crippen LogP contribution is 2.25. The van der Waals surface area contributed by atoms with Crippen molar-refractivity contribution < 1.29 is 33.4 Å². The monoisotopic (exact) mass is 560 g/mol. The summed E-state index contributed by atoms with van der Waals surface area (Å²) < 4.78 is 16.0. The fourth-order valence-electron chi connectivity index (χ4n) is 3.63. The van der Waals surface area contributed by atoms with Crippen LogP contribution in [0.4, 0.5) is 11.4 Å². The number of carbonyl (C=O) groups excluding carboxylic acids is 4. The summed E-state index contributed by atoms with van der Waals surface area (Å²) in [5.74, 6) is -0.362. The SMILES string of the molecule is CCCCOC(=O)c1ccc(NC(=O)COC(=O)CCCC(=O)Nc2ccc(Oc3ccc(C)c(C)c3)cc2)cc1. The summed E-state index contributed by atoms with van der Waals surface area (Å²) in [6.07, 6.45) is 2.12. The van der Waals surface area contributed by atoms with Crippen LogP contribution in [-0.4, -0.2) is 37.0 Å². The highest BCUT2D eigenvalue weighted by Gasteiger charge is 2.11. The standard InChI is InChI=1S/C32H36N2O7/c1-4-5-19-39-32(38)24-10-12-25(13-11-24)34-30(36)21-40-31(37)8-6-7-29(35)33-26-14-17-27(18-15-26)41-28-16-9-22(2)23(3)20-28/h9-18,20H,4-8,19,21H2,1-3H3,(H,33,35)(H,34,36). The first-order valence-electron chi connectivity index (χ1n) is 13.6. The van der Waals surface area contributed by atoms with E-state index < -0.39 is 24.5 Å². The molecule has 216 valence electrons. The van der Waals surface area contributed by atoms with Crippen molar-refractivity contribution in [2.75, 3.05) is 23.8 Å². The molecule has 3 aromatic carbocycles. The summed E-state index contributed by atoms with van der Waals surface area (Å²) >= 11 is 0. The molecule has 3 aromatic rings. The van der Waals surface area contributed by atoms with Gasteiger partial charge in [0.1, 0.15) is 11.5 Å². The maximum Gasteiger partial charge on any atom is 0.338 e. The number of rotatable bonds is 14. The molecule has 0 fully saturated rings. The molecule has 2 N–H and O–H groups in total. The van der Waals surface area contributed by atoms with E-state index in [2.05, 4.69) is 10.6 Å². The molecule has 0 atom stereocenters. The Hall–Kier alpha value is -4.66. The van der Waals surface area contributed by atoms with Crippen LogP contribution in [0.2, 0.25) is 0 Å². The van der Waals surface area contributed by atoms with Gasteiger partial charge in [0.2, 0.25) is 5.91 Å². The molecule has 9 nitrogen and oxygen atoms in total. The number of aryl methyl sites for hydroxylation is 2. The summed E-state index contributed by atoms with van der Waals surface area (Å²) in [7, 11) is 0. The Bertz CT molecular complexity index is 1340. The highest BCUT2D eigenvalue weighted by molar-refractivity contribution is 5.94. The number of carbonyl (C=O) groups is 4. The van der Waals surface area contributed by atoms with Crippen LogP contribution in [0.5, 0.6) is 11.5 Å². The van der Waals surface area contributed by atoms with Gasteiger partial charge in [-0.3, -0.25) is 14.4 Å². The first-order valence-corrected chi connectivity index (χ1v) is 13.6. The molecule has 0 spiro atoms. The normalized spacial score (nSPS) is 10.4. The number of amides is 2. The molecule has 9 heteroatoms. The summed E-state index contributed by atoms with van der Waals surface area (Å²) in [5, 5.41) is 5.38. The van der Waals surface area contributed by atoms with Crippen LogP contribution < -0.4 is 15.4 Å². The van der Waals surface area contributed by atoms with Gasteiger partial charge in [-0.05, 0) is 98.5 Å². The van der Waals surface area contributed by atoms with E-state index in [4.69, 9.17) is 14.2 Å². The van der Waals surface area contributed by atoms with E-state index in [1.807, 2.05) is 39.0 Å². The zero-order valence-electron chi connectivity index (χ0n) is 23.7. The van der Waals surface area contributed by atoms with Gasteiger partial charge in [0, 0.05) is 24.2 Å². The van der Waals surface area contributed by atoms with E-state index in [0.717, 1.165) is 24.2 Å². The minimum atomic E-state index is -0.578. The molecule has 41 heavy (non-hydrogen) atoms. The molecule has 0 aliphatic carbocycles. The van der Waals surface area contributed by atoms with Crippen LogP contribution in [0.25, 0.3) is 0 Å². The third-order valence-electron chi connectivity index (χ3n) is 6.14. The average molecular weight is 561 g/mol. The number of anilines is 2. The quantitative estimate of drug-likeness (QED) is 0.174. The lowest BCUT2D eigenvalue weighted by Crippen LogP contribution is -2.21. The van der Waals surface area contributed by atoms with Crippen molar-refractivity contribution in [2.45, 2.75) is 52.9 Å². The van der Waals surface area contributed by atoms with Crippen LogP contribution in [-0.2, 0) is 23.9 Å². The van der Waals surface area contributed by atoms with Crippen molar-refractivity contribution in [2.24, 2.45) is 0 Å². The van der Waals surface area contributed by atoms with Gasteiger partial charge in [0.15, 0.2) is 6.61 Å². The topological polar surface area (TPSA) is 120 Å². The lowest BCUT2D eigenvalue weighted by Gasteiger charge is -2.10. The van der Waals surface area contributed by atoms with Gasteiger partial charge in [0.05, 0.1) is 12.2 Å². The van der Waals surface area contributed by atoms with Crippen molar-refractivity contribution >= 4 is 35.1 Å². The minimum Gasteiger partial charge on any atom is -0.462 e. The third-order valence-corrected chi connectivity index (χ3v) is 6.14. The molecule has 0 aromatic heterocycles. The Morgan fingerprint density at radius 1 is 0.683 bits per heavy atom. The Balaban J connectivity index is 1.31. The molecule has 0 bridgehead atoms. The van der Waals surface area contributed by atoms with Gasteiger partial charge >= 0.3 is 11.9 Å². The van der Waals surface area contributed by atoms with Gasteiger partial charge in [-0.25, -0.2) is 4.79 Å². The number of nitrogens with one attached hydrogen (secondary N) is 2. The molecule has 0 aliphatic heterocycles. The summed E-state index contributed by atoms with van der Waals surface area (Å²) in [6.45, 7) is 5.98. The molecule has 3 rings (SSSR count). The summed E-state index contributed by atoms with van der Waals surface area (Å²) in [4.78, 5) is 48.3. The Morgan fingerprint density at radius 3 is 1.98 bits per heavy atom. The number of hydrogen-bond acceptors (Lipinski definition) is 7. The molecular weight excluding hydrogens is 524 g/mol. The van der Waals surface area contributed by atoms with Crippen LogP contribution in [0.15, 0.2) is 66.7 Å². The van der Waals surface area contributed by atoms with Crippen molar-refractivity contribution in [1.29, 1.82) is 0 Å². The lowest BCUT2D eigenvalue weighted by atomic mass is 10.1. The fraction of sp³-hybridized carbons (Fsp3) is 0.312. The highest BCUT2D eigenvalue weighted by atomic mass is 16.5. The average Bonchev–Trinajstić information content (AvgIpc) is 2.95. The third kappa shape index (κ3) is 10.8. The van der Waals surface area contributed by atoms with Crippen LogP contribution in [0, 0.1) is 13.8 Å². The first-order chi connectivity index (χ1) is 19.7. The van der Waals surface area contributed by atoms with Gasteiger partial charge < -0.3 is 24.8 Å². The van der Waals surface area contributed by atoms with E-state index in [-0.39, 0.29) is 25.2 Å². The molecule has 0 unspecified atom stereocenters. The second-order valence-corrected chi connectivity index (χ2v) is 9.55. The Kier molecular flexibility index (Phi) is 11.9. The molecule has 0 heterocycles. The smallest absolute Gasteiger partial charge is 0.338 e. The van der Waals surface area contributed by atoms with Crippen LogP contribution >= 0.6 is 0 Å². The predicted molar refractivity (Wildman–Crippen MR) is 156 cm³/mol. The van der Waals surface area contributed by atoms with Crippen molar-refractivity contribution in [3.63, 3.8) is 0 Å². The molecule has 0 saturated carbocycles. The number of hydrogen-bond donors (Lipinski definition) is 2. The molecule has 0 aliphatic rings. The first kappa shape index (κ1) is 30.9. The molecule has 0 radical (unpaired) electrons. The number of unbranched alkanes of at least 4 members (excludes halogenated alkanes) is 1. The maximum absolute atomic E-state index is 12.3. The van der Waals surface area contributed by atoms with Crippen molar-refractivity contribution in [3.8, 4) is 11.5 Å². The molecule has 0 saturated heterocycles. The Labute approximate surface area is 240 Å². The van der Waals surface area contributed by atoms with E-state index >= 15 is 0 Å². The molecular formula is C32H36N2O7. The van der Waals surface area contributed by atoms with Crippen LogP contribution in [0.1, 0.15) is 60.5 Å². The van der Waals surface area contributed by atoms with Gasteiger partial charge in [-0.2, -0.15) is 0 Å². The number of esters is 2. The largest absolute Gasteiger partial charge is 0.462 e. The van der Waals surface area contributed by atoms with Crippen LogP contribution in [0.3, 0.4) is 0 Å². The van der Waals surface area contributed by atoms with E-state index in [1.54, 1.807) is 48.5 Å². The number of benzene rings is 3. The number of ether oxygens (including phenoxy) is 3. The minimum absolute atomic E-state index is 0.00170. The molecule has 2 amide bonds. The van der Waals surface area contributed by atoms with Gasteiger partial charge in [-0.15, -0.1) is 0 Å². The lowest BCUT2D eigenvalue weighted by molar-refractivity contribution is -0.147. The summed E-state index contributed by atoms with van der Waals surface area (Å²) in [6, 6.07) is 19.1. The Morgan fingerprint density at radius 2 is 1.32 bits per heavy atom. The second-order valence-electron chi connectivity index (χ2n) is 9.55. The zero-order chi connectivity index (χ0) is 29.6. The second kappa shape index (κ2) is 15.8. The van der Waals surface area contributed by atoms with E-state index in [0.29, 0.717) is 29.3 Å². The van der Waals surface area contributed by atoms with E-state index in [1.165, 1.54) is 5.56 Å². The van der Waals surface area contributed by atoms with Crippen molar-refractivity contribution in [3.05, 3.63) is 83.4 Å². The fourth-order valence-corrected chi connectivity index (χ4v) is 3.63.